The molecule has 2 amide bonds. The molecule has 0 aromatic carbocycles. The number of hydrazine groups is 1. The van der Waals surface area contributed by atoms with Crippen LogP contribution in [0.2, 0.25) is 0 Å². The van der Waals surface area contributed by atoms with E-state index in [2.05, 4.69) is 32.8 Å². The van der Waals surface area contributed by atoms with Crippen molar-refractivity contribution in [3.63, 3.8) is 0 Å². The number of amides is 2. The Morgan fingerprint density at radius 2 is 2.19 bits per heavy atom. The third-order valence-corrected chi connectivity index (χ3v) is 4.30. The molecule has 2 heterocycles. The maximum atomic E-state index is 11.9. The number of halogens is 1. The molecule has 2 aromatic rings. The maximum Gasteiger partial charge on any atom is 0.286 e. The molecule has 0 spiro atoms. The average molecular weight is 370 g/mol. The van der Waals surface area contributed by atoms with Crippen molar-refractivity contribution in [2.45, 2.75) is 19.3 Å². The highest BCUT2D eigenvalue weighted by molar-refractivity contribution is 9.10. The van der Waals surface area contributed by atoms with Crippen molar-refractivity contribution in [1.29, 1.82) is 0 Å². The number of thiophene rings is 1. The molecule has 0 saturated heterocycles. The minimum absolute atomic E-state index is 0.187. The van der Waals surface area contributed by atoms with E-state index in [1.807, 2.05) is 11.4 Å². The molecule has 0 bridgehead atoms. The molecule has 2 aromatic heterocycles. The highest BCUT2D eigenvalue weighted by Crippen LogP contribution is 2.13. The lowest BCUT2D eigenvalue weighted by molar-refractivity contribution is -0.121. The van der Waals surface area contributed by atoms with Gasteiger partial charge >= 0.3 is 0 Å². The zero-order valence-electron chi connectivity index (χ0n) is 11.6. The maximum absolute atomic E-state index is 11.9. The predicted molar refractivity (Wildman–Crippen MR) is 86.0 cm³/mol. The van der Waals surface area contributed by atoms with E-state index in [9.17, 15) is 9.59 Å². The van der Waals surface area contributed by atoms with E-state index in [0.717, 1.165) is 17.3 Å². The summed E-state index contributed by atoms with van der Waals surface area (Å²) in [4.78, 5) is 24.8. The first kappa shape index (κ1) is 15.8. The van der Waals surface area contributed by atoms with Crippen molar-refractivity contribution in [2.24, 2.45) is 7.05 Å². The van der Waals surface area contributed by atoms with Crippen molar-refractivity contribution in [3.05, 3.63) is 44.8 Å². The zero-order chi connectivity index (χ0) is 15.2. The molecule has 0 fully saturated rings. The molecule has 0 saturated carbocycles. The Labute approximate surface area is 135 Å². The van der Waals surface area contributed by atoms with Crippen molar-refractivity contribution in [2.75, 3.05) is 0 Å². The van der Waals surface area contributed by atoms with Crippen LogP contribution in [0.4, 0.5) is 0 Å². The standard InChI is InChI=1S/C14H16BrN3O2S/c1-18-9-10(15)8-12(18)14(20)17-16-13(19)6-2-4-11-5-3-7-21-11/h3,5,7-9H,2,4,6H2,1H3,(H,16,19)(H,17,20). The average Bonchev–Trinajstić information content (AvgIpc) is 3.06. The smallest absolute Gasteiger partial charge is 0.286 e. The largest absolute Gasteiger partial charge is 0.345 e. The van der Waals surface area contributed by atoms with Crippen LogP contribution < -0.4 is 10.9 Å². The van der Waals surface area contributed by atoms with Crippen molar-refractivity contribution in [3.8, 4) is 0 Å². The molecule has 0 aliphatic carbocycles. The van der Waals surface area contributed by atoms with Gasteiger partial charge in [-0.1, -0.05) is 6.07 Å². The first-order valence-electron chi connectivity index (χ1n) is 6.49. The second-order valence-electron chi connectivity index (χ2n) is 4.59. The number of carbonyl (C=O) groups excluding carboxylic acids is 2. The highest BCUT2D eigenvalue weighted by atomic mass is 79.9. The fourth-order valence-corrected chi connectivity index (χ4v) is 3.16. The second-order valence-corrected chi connectivity index (χ2v) is 6.54. The first-order chi connectivity index (χ1) is 10.1. The number of hydrogen-bond donors (Lipinski definition) is 2. The molecule has 21 heavy (non-hydrogen) atoms. The lowest BCUT2D eigenvalue weighted by Crippen LogP contribution is -2.42. The number of aromatic nitrogens is 1. The van der Waals surface area contributed by atoms with Crippen LogP contribution in [0, 0.1) is 0 Å². The van der Waals surface area contributed by atoms with Gasteiger partial charge in [0.2, 0.25) is 5.91 Å². The number of hydrogen-bond acceptors (Lipinski definition) is 3. The summed E-state index contributed by atoms with van der Waals surface area (Å²) in [7, 11) is 1.77. The van der Waals surface area contributed by atoms with Crippen LogP contribution in [0.25, 0.3) is 0 Å². The van der Waals surface area contributed by atoms with E-state index in [4.69, 9.17) is 0 Å². The molecular formula is C14H16BrN3O2S. The van der Waals surface area contributed by atoms with Crippen molar-refractivity contribution < 1.29 is 9.59 Å². The Morgan fingerprint density at radius 1 is 1.38 bits per heavy atom. The number of nitrogens with zero attached hydrogens (tertiary/aromatic N) is 1. The minimum Gasteiger partial charge on any atom is -0.345 e. The fraction of sp³-hybridized carbons (Fsp3) is 0.286. The summed E-state index contributed by atoms with van der Waals surface area (Å²) in [6.45, 7) is 0. The van der Waals surface area contributed by atoms with Crippen molar-refractivity contribution in [1.82, 2.24) is 15.4 Å². The summed E-state index contributed by atoms with van der Waals surface area (Å²) in [5, 5.41) is 2.02. The van der Waals surface area contributed by atoms with Gasteiger partial charge in [0.1, 0.15) is 5.69 Å². The Morgan fingerprint density at radius 3 is 2.81 bits per heavy atom. The van der Waals surface area contributed by atoms with E-state index in [0.29, 0.717) is 12.1 Å². The summed E-state index contributed by atoms with van der Waals surface area (Å²) in [6.07, 6.45) is 3.80. The van der Waals surface area contributed by atoms with E-state index in [-0.39, 0.29) is 11.8 Å². The number of aryl methyl sites for hydroxylation is 2. The van der Waals surface area contributed by atoms with Crippen LogP contribution in [-0.4, -0.2) is 16.4 Å². The van der Waals surface area contributed by atoms with E-state index in [1.54, 1.807) is 35.2 Å². The molecule has 7 heteroatoms. The first-order valence-corrected chi connectivity index (χ1v) is 8.17. The Bertz CT molecular complexity index is 622. The van der Waals surface area contributed by atoms with Crippen LogP contribution >= 0.6 is 27.3 Å². The van der Waals surface area contributed by atoms with Crippen LogP contribution in [-0.2, 0) is 18.3 Å². The lowest BCUT2D eigenvalue weighted by atomic mass is 10.2. The molecule has 0 radical (unpaired) electrons. The van der Waals surface area contributed by atoms with Gasteiger partial charge < -0.3 is 4.57 Å². The summed E-state index contributed by atoms with van der Waals surface area (Å²) in [5.41, 5.74) is 5.33. The molecule has 0 aliphatic rings. The minimum atomic E-state index is -0.338. The molecule has 0 aliphatic heterocycles. The highest BCUT2D eigenvalue weighted by Gasteiger charge is 2.11. The number of carbonyl (C=O) groups is 2. The van der Waals surface area contributed by atoms with E-state index in [1.165, 1.54) is 4.88 Å². The second kappa shape index (κ2) is 7.42. The molecule has 0 atom stereocenters. The normalized spacial score (nSPS) is 10.4. The molecule has 0 unspecified atom stereocenters. The fourth-order valence-electron chi connectivity index (χ4n) is 1.88. The van der Waals surface area contributed by atoms with Gasteiger partial charge in [0, 0.05) is 29.0 Å². The Kier molecular flexibility index (Phi) is 5.58. The van der Waals surface area contributed by atoms with Gasteiger partial charge in [0.25, 0.3) is 5.91 Å². The zero-order valence-corrected chi connectivity index (χ0v) is 14.0. The molecule has 2 rings (SSSR count). The van der Waals surface area contributed by atoms with Gasteiger partial charge in [-0.25, -0.2) is 0 Å². The molecular weight excluding hydrogens is 354 g/mol. The van der Waals surface area contributed by atoms with Crippen LogP contribution in [0.15, 0.2) is 34.2 Å². The number of nitrogens with one attached hydrogen (secondary N) is 2. The van der Waals surface area contributed by atoms with E-state index < -0.39 is 0 Å². The van der Waals surface area contributed by atoms with Crippen LogP contribution in [0.3, 0.4) is 0 Å². The van der Waals surface area contributed by atoms with Crippen LogP contribution in [0.1, 0.15) is 28.2 Å². The van der Waals surface area contributed by atoms with E-state index >= 15 is 0 Å². The Balaban J connectivity index is 1.71. The van der Waals surface area contributed by atoms with Gasteiger partial charge in [-0.3, -0.25) is 20.4 Å². The lowest BCUT2D eigenvalue weighted by Gasteiger charge is -2.07. The number of rotatable bonds is 5. The quantitative estimate of drug-likeness (QED) is 0.795. The summed E-state index contributed by atoms with van der Waals surface area (Å²) in [6, 6.07) is 5.74. The third-order valence-electron chi connectivity index (χ3n) is 2.93. The van der Waals surface area contributed by atoms with Gasteiger partial charge in [-0.05, 0) is 46.3 Å². The SMILES string of the molecule is Cn1cc(Br)cc1C(=O)NNC(=O)CCCc1cccs1. The summed E-state index contributed by atoms with van der Waals surface area (Å²) >= 11 is 4.98. The van der Waals surface area contributed by atoms with Gasteiger partial charge in [-0.15, -0.1) is 11.3 Å². The topological polar surface area (TPSA) is 63.1 Å². The van der Waals surface area contributed by atoms with Gasteiger partial charge in [0.15, 0.2) is 0 Å². The summed E-state index contributed by atoms with van der Waals surface area (Å²) in [5.74, 6) is -0.525. The van der Waals surface area contributed by atoms with Gasteiger partial charge in [0.05, 0.1) is 0 Å². The molecule has 112 valence electrons. The molecule has 5 nitrogen and oxygen atoms in total. The Hall–Kier alpha value is -1.60. The summed E-state index contributed by atoms with van der Waals surface area (Å²) < 4.78 is 2.50. The predicted octanol–water partition coefficient (Wildman–Crippen LogP) is 2.63. The molecule has 2 N–H and O–H groups in total. The van der Waals surface area contributed by atoms with Crippen molar-refractivity contribution >= 4 is 39.1 Å². The monoisotopic (exact) mass is 369 g/mol. The van der Waals surface area contributed by atoms with Crippen LogP contribution in [0.5, 0.6) is 0 Å². The third kappa shape index (κ3) is 4.71. The van der Waals surface area contributed by atoms with Gasteiger partial charge in [-0.2, -0.15) is 0 Å².